The fraction of sp³-hybridized carbons (Fsp3) is 0.471. The highest BCUT2D eigenvalue weighted by atomic mass is 16.6. The number of likely N-dealkylation sites (tertiary alicyclic amines) is 1. The van der Waals surface area contributed by atoms with Gasteiger partial charge in [-0.15, -0.1) is 5.10 Å². The maximum Gasteiger partial charge on any atom is 0.276 e. The van der Waals surface area contributed by atoms with Crippen LogP contribution in [0.15, 0.2) is 24.3 Å². The van der Waals surface area contributed by atoms with E-state index in [4.69, 9.17) is 0 Å². The zero-order valence-corrected chi connectivity index (χ0v) is 14.4. The number of rotatable bonds is 4. The molecule has 0 spiro atoms. The Kier molecular flexibility index (Phi) is 4.78. The summed E-state index contributed by atoms with van der Waals surface area (Å²) in [5, 5.41) is 19.1. The van der Waals surface area contributed by atoms with Crippen molar-refractivity contribution < 1.29 is 9.72 Å². The third-order valence-electron chi connectivity index (χ3n) is 4.74. The van der Waals surface area contributed by atoms with Gasteiger partial charge in [0.25, 0.3) is 11.6 Å². The Balaban J connectivity index is 1.92. The van der Waals surface area contributed by atoms with Crippen LogP contribution < -0.4 is 0 Å². The largest absolute Gasteiger partial charge is 0.334 e. The molecule has 0 N–H and O–H groups in total. The van der Waals surface area contributed by atoms with Crippen molar-refractivity contribution in [2.75, 3.05) is 6.54 Å². The van der Waals surface area contributed by atoms with Gasteiger partial charge in [0.05, 0.1) is 16.3 Å². The number of hydrogen-bond donors (Lipinski definition) is 0. The number of non-ortho nitro benzene ring substituents is 1. The second kappa shape index (κ2) is 7.00. The number of benzene rings is 1. The van der Waals surface area contributed by atoms with Crippen LogP contribution in [0.1, 0.15) is 48.8 Å². The molecule has 132 valence electrons. The molecule has 2 heterocycles. The van der Waals surface area contributed by atoms with Gasteiger partial charge in [-0.3, -0.25) is 14.9 Å². The van der Waals surface area contributed by atoms with E-state index in [0.29, 0.717) is 17.1 Å². The van der Waals surface area contributed by atoms with Gasteiger partial charge < -0.3 is 4.90 Å². The first-order chi connectivity index (χ1) is 12.0. The summed E-state index contributed by atoms with van der Waals surface area (Å²) in [5.74, 6) is -0.110. The number of nitro benzene ring substituents is 1. The predicted octanol–water partition coefficient (Wildman–Crippen LogP) is 2.89. The van der Waals surface area contributed by atoms with Crippen LogP contribution in [0.5, 0.6) is 0 Å². The third kappa shape index (κ3) is 3.24. The molecule has 1 aliphatic heterocycles. The van der Waals surface area contributed by atoms with E-state index in [-0.39, 0.29) is 17.6 Å². The molecule has 1 aromatic heterocycles. The summed E-state index contributed by atoms with van der Waals surface area (Å²) in [4.78, 5) is 25.3. The van der Waals surface area contributed by atoms with Crippen molar-refractivity contribution in [2.45, 2.75) is 45.6 Å². The summed E-state index contributed by atoms with van der Waals surface area (Å²) in [6.07, 6.45) is 4.08. The van der Waals surface area contributed by atoms with E-state index in [1.54, 1.807) is 19.1 Å². The van der Waals surface area contributed by atoms with Gasteiger partial charge in [-0.2, -0.15) is 0 Å². The second-order valence-electron chi connectivity index (χ2n) is 6.27. The number of amides is 1. The van der Waals surface area contributed by atoms with Crippen molar-refractivity contribution in [3.8, 4) is 5.69 Å². The number of nitro groups is 1. The summed E-state index contributed by atoms with van der Waals surface area (Å²) >= 11 is 0. The number of carbonyl (C=O) groups is 1. The molecule has 1 unspecified atom stereocenters. The molecule has 1 saturated heterocycles. The molecule has 1 aliphatic rings. The molecule has 0 bridgehead atoms. The van der Waals surface area contributed by atoms with Crippen molar-refractivity contribution in [1.29, 1.82) is 0 Å². The van der Waals surface area contributed by atoms with Gasteiger partial charge in [-0.05, 0) is 38.7 Å². The van der Waals surface area contributed by atoms with E-state index in [0.717, 1.165) is 32.2 Å². The Labute approximate surface area is 145 Å². The highest BCUT2D eigenvalue weighted by Crippen LogP contribution is 2.23. The first-order valence-electron chi connectivity index (χ1n) is 8.51. The van der Waals surface area contributed by atoms with Crippen molar-refractivity contribution in [2.24, 2.45) is 0 Å². The van der Waals surface area contributed by atoms with E-state index in [2.05, 4.69) is 17.2 Å². The first-order valence-corrected chi connectivity index (χ1v) is 8.51. The minimum Gasteiger partial charge on any atom is -0.334 e. The number of hydrogen-bond acceptors (Lipinski definition) is 5. The van der Waals surface area contributed by atoms with Crippen LogP contribution in [-0.2, 0) is 0 Å². The predicted molar refractivity (Wildman–Crippen MR) is 91.7 cm³/mol. The average molecular weight is 343 g/mol. The van der Waals surface area contributed by atoms with E-state index < -0.39 is 4.92 Å². The Hall–Kier alpha value is -2.77. The third-order valence-corrected chi connectivity index (χ3v) is 4.74. The Bertz CT molecular complexity index is 801. The lowest BCUT2D eigenvalue weighted by atomic mass is 9.99. The molecular formula is C17H21N5O3. The van der Waals surface area contributed by atoms with Gasteiger partial charge in [-0.1, -0.05) is 18.2 Å². The van der Waals surface area contributed by atoms with Crippen LogP contribution in [-0.4, -0.2) is 43.3 Å². The summed E-state index contributed by atoms with van der Waals surface area (Å²) in [6, 6.07) is 6.38. The van der Waals surface area contributed by atoms with Crippen LogP contribution in [0.25, 0.3) is 5.69 Å². The molecule has 8 heteroatoms. The Morgan fingerprint density at radius 2 is 2.20 bits per heavy atom. The Morgan fingerprint density at radius 1 is 1.40 bits per heavy atom. The van der Waals surface area contributed by atoms with Crippen molar-refractivity contribution >= 4 is 11.6 Å². The van der Waals surface area contributed by atoms with E-state index >= 15 is 0 Å². The molecule has 8 nitrogen and oxygen atoms in total. The van der Waals surface area contributed by atoms with Crippen LogP contribution in [0, 0.1) is 17.0 Å². The Morgan fingerprint density at radius 3 is 2.92 bits per heavy atom. The number of nitrogens with zero attached hydrogens (tertiary/aromatic N) is 5. The van der Waals surface area contributed by atoms with Gasteiger partial charge in [0.1, 0.15) is 0 Å². The zero-order chi connectivity index (χ0) is 18.0. The summed E-state index contributed by atoms with van der Waals surface area (Å²) in [5.41, 5.74) is 1.39. The topological polar surface area (TPSA) is 94.2 Å². The minimum atomic E-state index is -0.457. The highest BCUT2D eigenvalue weighted by molar-refractivity contribution is 5.93. The van der Waals surface area contributed by atoms with Crippen LogP contribution in [0.3, 0.4) is 0 Å². The fourth-order valence-corrected chi connectivity index (χ4v) is 3.34. The van der Waals surface area contributed by atoms with Gasteiger partial charge in [-0.25, -0.2) is 4.68 Å². The lowest BCUT2D eigenvalue weighted by Crippen LogP contribution is -2.43. The lowest BCUT2D eigenvalue weighted by Gasteiger charge is -2.34. The van der Waals surface area contributed by atoms with Crippen molar-refractivity contribution in [1.82, 2.24) is 19.9 Å². The van der Waals surface area contributed by atoms with Crippen molar-refractivity contribution in [3.63, 3.8) is 0 Å². The molecule has 1 atom stereocenters. The van der Waals surface area contributed by atoms with Gasteiger partial charge in [0.15, 0.2) is 5.69 Å². The van der Waals surface area contributed by atoms with Crippen LogP contribution in [0.4, 0.5) is 5.69 Å². The molecule has 0 saturated carbocycles. The summed E-state index contributed by atoms with van der Waals surface area (Å²) in [7, 11) is 0. The average Bonchev–Trinajstić information content (AvgIpc) is 3.02. The van der Waals surface area contributed by atoms with Crippen LogP contribution in [0.2, 0.25) is 0 Å². The molecule has 2 aromatic rings. The molecule has 1 fully saturated rings. The first kappa shape index (κ1) is 17.1. The lowest BCUT2D eigenvalue weighted by molar-refractivity contribution is -0.384. The number of aromatic nitrogens is 3. The molecule has 0 aliphatic carbocycles. The highest BCUT2D eigenvalue weighted by Gasteiger charge is 2.29. The number of piperidine rings is 1. The fourth-order valence-electron chi connectivity index (χ4n) is 3.34. The van der Waals surface area contributed by atoms with E-state index in [1.807, 2.05) is 4.90 Å². The summed E-state index contributed by atoms with van der Waals surface area (Å²) < 4.78 is 1.48. The smallest absolute Gasteiger partial charge is 0.276 e. The van der Waals surface area contributed by atoms with Gasteiger partial charge >= 0.3 is 0 Å². The number of carbonyl (C=O) groups excluding carboxylic acids is 1. The van der Waals surface area contributed by atoms with Gasteiger partial charge in [0, 0.05) is 24.7 Å². The molecule has 25 heavy (non-hydrogen) atoms. The molecule has 0 radical (unpaired) electrons. The molecular weight excluding hydrogens is 322 g/mol. The standard InChI is InChI=1S/C17H21N5O3/c1-3-13-7-4-5-10-20(13)17(23)16-12(2)21(19-18-16)14-8-6-9-15(11-14)22(24)25/h6,8-9,11,13H,3-5,7,10H2,1-2H3. The SMILES string of the molecule is CCC1CCCCN1C(=O)c1nnn(-c2cccc([N+](=O)[O-])c2)c1C. The quantitative estimate of drug-likeness (QED) is 0.628. The maximum atomic E-state index is 12.9. The van der Waals surface area contributed by atoms with E-state index in [9.17, 15) is 14.9 Å². The normalized spacial score (nSPS) is 17.5. The van der Waals surface area contributed by atoms with E-state index in [1.165, 1.54) is 16.8 Å². The van der Waals surface area contributed by atoms with Crippen LogP contribution >= 0.6 is 0 Å². The summed E-state index contributed by atoms with van der Waals surface area (Å²) in [6.45, 7) is 4.58. The second-order valence-corrected chi connectivity index (χ2v) is 6.27. The zero-order valence-electron chi connectivity index (χ0n) is 14.4. The minimum absolute atomic E-state index is 0.0256. The molecule has 1 aromatic carbocycles. The van der Waals surface area contributed by atoms with Crippen molar-refractivity contribution in [3.05, 3.63) is 45.8 Å². The van der Waals surface area contributed by atoms with Gasteiger partial charge in [0.2, 0.25) is 0 Å². The maximum absolute atomic E-state index is 12.9. The molecule has 1 amide bonds. The molecule has 3 rings (SSSR count). The monoisotopic (exact) mass is 343 g/mol.